The van der Waals surface area contributed by atoms with Crippen LogP contribution < -0.4 is 15.0 Å². The van der Waals surface area contributed by atoms with Gasteiger partial charge in [0.05, 0.1) is 11.0 Å². The van der Waals surface area contributed by atoms with Gasteiger partial charge in [-0.2, -0.15) is 0 Å². The predicted molar refractivity (Wildman–Crippen MR) is 95.3 cm³/mol. The Morgan fingerprint density at radius 2 is 2.00 bits per heavy atom. The van der Waals surface area contributed by atoms with Gasteiger partial charge in [0.2, 0.25) is 5.91 Å². The molecule has 8 heteroatoms. The molecule has 2 aromatic carbocycles. The Hall–Kier alpha value is -3.42. The summed E-state index contributed by atoms with van der Waals surface area (Å²) in [6, 6.07) is 12.6. The molecule has 0 bridgehead atoms. The number of ether oxygens (including phenoxy) is 1. The number of hydrogen-bond acceptors (Lipinski definition) is 5. The number of nitro groups is 1. The summed E-state index contributed by atoms with van der Waals surface area (Å²) >= 11 is 0. The molecule has 1 saturated heterocycles. The predicted octanol–water partition coefficient (Wildman–Crippen LogP) is 2.74. The van der Waals surface area contributed by atoms with Crippen molar-refractivity contribution in [2.75, 3.05) is 23.4 Å². The molecule has 1 fully saturated rings. The zero-order valence-electron chi connectivity index (χ0n) is 13.9. The highest BCUT2D eigenvalue weighted by atomic mass is 16.6. The number of nitro benzene ring substituents is 1. The molecule has 26 heavy (non-hydrogen) atoms. The SMILES string of the molecule is O=C(COc1cccc([N+](=O)[O-])c1)Nc1ccc(N2CCCC2=O)cc1. The highest BCUT2D eigenvalue weighted by Gasteiger charge is 2.21. The number of non-ortho nitro benzene ring substituents is 1. The van der Waals surface area contributed by atoms with Crippen LogP contribution in [0.25, 0.3) is 0 Å². The Kier molecular flexibility index (Phi) is 5.12. The Morgan fingerprint density at radius 3 is 2.65 bits per heavy atom. The summed E-state index contributed by atoms with van der Waals surface area (Å²) in [7, 11) is 0. The first-order valence-electron chi connectivity index (χ1n) is 8.10. The van der Waals surface area contributed by atoms with Crippen molar-refractivity contribution < 1.29 is 19.2 Å². The molecule has 0 aliphatic carbocycles. The van der Waals surface area contributed by atoms with Crippen LogP contribution in [0, 0.1) is 10.1 Å². The van der Waals surface area contributed by atoms with Gasteiger partial charge in [-0.3, -0.25) is 19.7 Å². The number of carbonyl (C=O) groups excluding carboxylic acids is 2. The zero-order valence-corrected chi connectivity index (χ0v) is 13.9. The number of nitrogens with zero attached hydrogens (tertiary/aromatic N) is 2. The second-order valence-corrected chi connectivity index (χ2v) is 5.79. The Labute approximate surface area is 149 Å². The number of rotatable bonds is 6. The van der Waals surface area contributed by atoms with Crippen LogP contribution in [-0.4, -0.2) is 29.9 Å². The van der Waals surface area contributed by atoms with E-state index >= 15 is 0 Å². The van der Waals surface area contributed by atoms with Crippen LogP contribution in [0.3, 0.4) is 0 Å². The van der Waals surface area contributed by atoms with Crippen LogP contribution in [0.4, 0.5) is 17.1 Å². The van der Waals surface area contributed by atoms with Gasteiger partial charge in [0.25, 0.3) is 11.6 Å². The first-order chi connectivity index (χ1) is 12.5. The molecule has 2 aromatic rings. The van der Waals surface area contributed by atoms with Crippen LogP contribution in [0.15, 0.2) is 48.5 Å². The largest absolute Gasteiger partial charge is 0.484 e. The summed E-state index contributed by atoms with van der Waals surface area (Å²) in [6.07, 6.45) is 1.42. The molecular formula is C18H17N3O5. The molecule has 0 aromatic heterocycles. The highest BCUT2D eigenvalue weighted by molar-refractivity contribution is 5.96. The van der Waals surface area contributed by atoms with E-state index in [0.717, 1.165) is 12.1 Å². The van der Waals surface area contributed by atoms with Gasteiger partial charge in [0.15, 0.2) is 6.61 Å². The van der Waals surface area contributed by atoms with E-state index in [1.165, 1.54) is 18.2 Å². The van der Waals surface area contributed by atoms with Crippen molar-refractivity contribution in [3.05, 3.63) is 58.6 Å². The lowest BCUT2D eigenvalue weighted by Gasteiger charge is -2.16. The van der Waals surface area contributed by atoms with Gasteiger partial charge in [-0.05, 0) is 36.8 Å². The van der Waals surface area contributed by atoms with Crippen molar-refractivity contribution in [3.63, 3.8) is 0 Å². The molecule has 1 heterocycles. The van der Waals surface area contributed by atoms with Gasteiger partial charge in [-0.25, -0.2) is 0 Å². The first kappa shape index (κ1) is 17.4. The average molecular weight is 355 g/mol. The molecule has 0 radical (unpaired) electrons. The Bertz CT molecular complexity index is 835. The molecule has 0 spiro atoms. The second-order valence-electron chi connectivity index (χ2n) is 5.79. The van der Waals surface area contributed by atoms with E-state index in [1.807, 2.05) is 0 Å². The summed E-state index contributed by atoms with van der Waals surface area (Å²) in [5, 5.41) is 13.4. The van der Waals surface area contributed by atoms with Crippen molar-refractivity contribution in [1.29, 1.82) is 0 Å². The monoisotopic (exact) mass is 355 g/mol. The third kappa shape index (κ3) is 4.15. The van der Waals surface area contributed by atoms with Crippen LogP contribution in [0.2, 0.25) is 0 Å². The van der Waals surface area contributed by atoms with Crippen molar-refractivity contribution in [2.45, 2.75) is 12.8 Å². The summed E-state index contributed by atoms with van der Waals surface area (Å²) in [6.45, 7) is 0.440. The minimum Gasteiger partial charge on any atom is -0.484 e. The molecule has 0 unspecified atom stereocenters. The average Bonchev–Trinajstić information content (AvgIpc) is 3.07. The molecule has 0 saturated carbocycles. The van der Waals surface area contributed by atoms with Crippen LogP contribution in [0.1, 0.15) is 12.8 Å². The second kappa shape index (κ2) is 7.64. The number of carbonyl (C=O) groups is 2. The lowest BCUT2D eigenvalue weighted by Crippen LogP contribution is -2.23. The van der Waals surface area contributed by atoms with Gasteiger partial charge < -0.3 is 15.0 Å². The van der Waals surface area contributed by atoms with Crippen LogP contribution >= 0.6 is 0 Å². The van der Waals surface area contributed by atoms with E-state index in [1.54, 1.807) is 35.2 Å². The highest BCUT2D eigenvalue weighted by Crippen LogP contribution is 2.23. The molecule has 8 nitrogen and oxygen atoms in total. The Balaban J connectivity index is 1.54. The molecule has 134 valence electrons. The minimum absolute atomic E-state index is 0.102. The van der Waals surface area contributed by atoms with E-state index < -0.39 is 4.92 Å². The van der Waals surface area contributed by atoms with E-state index in [0.29, 0.717) is 18.7 Å². The van der Waals surface area contributed by atoms with Gasteiger partial charge >= 0.3 is 0 Å². The quantitative estimate of drug-likeness (QED) is 0.634. The third-order valence-corrected chi connectivity index (χ3v) is 3.93. The van der Waals surface area contributed by atoms with Gasteiger partial charge in [0, 0.05) is 30.4 Å². The first-order valence-corrected chi connectivity index (χ1v) is 8.10. The number of anilines is 2. The smallest absolute Gasteiger partial charge is 0.273 e. The standard InChI is InChI=1S/C18H17N3O5/c22-17(12-26-16-4-1-3-15(11-16)21(24)25)19-13-6-8-14(9-7-13)20-10-2-5-18(20)23/h1,3-4,6-9,11H,2,5,10,12H2,(H,19,22). The van der Waals surface area contributed by atoms with E-state index in [2.05, 4.69) is 5.32 Å². The molecule has 1 aliphatic rings. The Morgan fingerprint density at radius 1 is 1.23 bits per heavy atom. The van der Waals surface area contributed by atoms with Gasteiger partial charge in [-0.15, -0.1) is 0 Å². The van der Waals surface area contributed by atoms with Crippen molar-refractivity contribution >= 4 is 28.9 Å². The molecule has 0 atom stereocenters. The normalized spacial score (nSPS) is 13.5. The number of hydrogen-bond donors (Lipinski definition) is 1. The van der Waals surface area contributed by atoms with Crippen LogP contribution in [-0.2, 0) is 9.59 Å². The van der Waals surface area contributed by atoms with Crippen LogP contribution in [0.5, 0.6) is 5.75 Å². The maximum absolute atomic E-state index is 12.0. The summed E-state index contributed by atoms with van der Waals surface area (Å²) in [5.41, 5.74) is 1.28. The molecule has 2 amide bonds. The minimum atomic E-state index is -0.528. The van der Waals surface area contributed by atoms with Crippen molar-refractivity contribution in [3.8, 4) is 5.75 Å². The van der Waals surface area contributed by atoms with Gasteiger partial charge in [0.1, 0.15) is 5.75 Å². The maximum Gasteiger partial charge on any atom is 0.273 e. The number of nitrogens with one attached hydrogen (secondary N) is 1. The lowest BCUT2D eigenvalue weighted by molar-refractivity contribution is -0.384. The van der Waals surface area contributed by atoms with Crippen molar-refractivity contribution in [1.82, 2.24) is 0 Å². The fourth-order valence-corrected chi connectivity index (χ4v) is 2.68. The summed E-state index contributed by atoms with van der Waals surface area (Å²) in [5.74, 6) is -0.0362. The van der Waals surface area contributed by atoms with E-state index in [-0.39, 0.29) is 29.9 Å². The number of benzene rings is 2. The maximum atomic E-state index is 12.0. The fraction of sp³-hybridized carbons (Fsp3) is 0.222. The molecular weight excluding hydrogens is 338 g/mol. The van der Waals surface area contributed by atoms with Gasteiger partial charge in [-0.1, -0.05) is 6.07 Å². The number of amides is 2. The zero-order chi connectivity index (χ0) is 18.5. The van der Waals surface area contributed by atoms with Crippen molar-refractivity contribution in [2.24, 2.45) is 0 Å². The molecule has 3 rings (SSSR count). The lowest BCUT2D eigenvalue weighted by atomic mass is 10.2. The molecule has 1 N–H and O–H groups in total. The summed E-state index contributed by atoms with van der Waals surface area (Å²) in [4.78, 5) is 35.6. The molecule has 1 aliphatic heterocycles. The topological polar surface area (TPSA) is 102 Å². The summed E-state index contributed by atoms with van der Waals surface area (Å²) < 4.78 is 5.28. The van der Waals surface area contributed by atoms with E-state index in [4.69, 9.17) is 4.74 Å². The third-order valence-electron chi connectivity index (χ3n) is 3.93. The fourth-order valence-electron chi connectivity index (χ4n) is 2.68. The van der Waals surface area contributed by atoms with E-state index in [9.17, 15) is 19.7 Å².